The smallest absolute Gasteiger partial charge is 0.289 e. The molecule has 3 aromatic rings. The lowest BCUT2D eigenvalue weighted by Gasteiger charge is -2.26. The second-order valence-electron chi connectivity index (χ2n) is 8.61. The summed E-state index contributed by atoms with van der Waals surface area (Å²) in [6, 6.07) is 18.3. The predicted molar refractivity (Wildman–Crippen MR) is 142 cm³/mol. The lowest BCUT2D eigenvalue weighted by atomic mass is 10.2. The molecule has 200 valence electrons. The highest BCUT2D eigenvalue weighted by atomic mass is 32.2. The number of hydrogen-bond donors (Lipinski definition) is 1. The third-order valence-corrected chi connectivity index (χ3v) is 9.79. The second-order valence-corrected chi connectivity index (χ2v) is 12.4. The first-order valence-electron chi connectivity index (χ1n) is 11.8. The number of carbonyl (C=O) groups is 1. The number of sulfonamides is 2. The van der Waals surface area contributed by atoms with E-state index in [1.54, 1.807) is 18.2 Å². The van der Waals surface area contributed by atoms with E-state index in [4.69, 9.17) is 0 Å². The molecule has 11 nitrogen and oxygen atoms in total. The Bertz CT molecular complexity index is 1520. The highest BCUT2D eigenvalue weighted by molar-refractivity contribution is 7.93. The van der Waals surface area contributed by atoms with Crippen molar-refractivity contribution < 1.29 is 26.6 Å². The van der Waals surface area contributed by atoms with Gasteiger partial charge in [-0.1, -0.05) is 36.8 Å². The van der Waals surface area contributed by atoms with E-state index in [0.29, 0.717) is 13.1 Å². The Hall–Kier alpha value is -3.81. The molecule has 1 saturated heterocycles. The minimum absolute atomic E-state index is 0.0993. The largest absolute Gasteiger partial charge is 0.325 e. The number of para-hydroxylation sites is 2. The molecule has 1 heterocycles. The highest BCUT2D eigenvalue weighted by Gasteiger charge is 2.33. The Morgan fingerprint density at radius 1 is 0.868 bits per heavy atom. The molecule has 1 fully saturated rings. The molecule has 1 aliphatic heterocycles. The van der Waals surface area contributed by atoms with Crippen molar-refractivity contribution in [3.05, 3.63) is 89.0 Å². The summed E-state index contributed by atoms with van der Waals surface area (Å²) in [6.45, 7) is 0.251. The number of nitro benzene ring substituents is 1. The van der Waals surface area contributed by atoms with Crippen molar-refractivity contribution in [2.45, 2.75) is 29.1 Å². The number of anilines is 2. The van der Waals surface area contributed by atoms with Crippen LogP contribution in [0.1, 0.15) is 19.3 Å². The maximum Gasteiger partial charge on any atom is 0.289 e. The summed E-state index contributed by atoms with van der Waals surface area (Å²) in [5.74, 6) is -0.720. The Labute approximate surface area is 220 Å². The fourth-order valence-corrected chi connectivity index (χ4v) is 7.25. The minimum Gasteiger partial charge on any atom is -0.325 e. The van der Waals surface area contributed by atoms with Crippen LogP contribution in [0.2, 0.25) is 0 Å². The molecule has 0 unspecified atom stereocenters. The van der Waals surface area contributed by atoms with Gasteiger partial charge >= 0.3 is 0 Å². The average Bonchev–Trinajstić information content (AvgIpc) is 2.93. The van der Waals surface area contributed by atoms with E-state index in [1.807, 2.05) is 0 Å². The molecule has 3 aromatic carbocycles. The van der Waals surface area contributed by atoms with E-state index in [2.05, 4.69) is 5.32 Å². The fraction of sp³-hybridized carbons (Fsp3) is 0.240. The van der Waals surface area contributed by atoms with Crippen LogP contribution in [-0.2, 0) is 24.8 Å². The predicted octanol–water partition coefficient (Wildman–Crippen LogP) is 3.60. The minimum atomic E-state index is -4.51. The van der Waals surface area contributed by atoms with E-state index in [-0.39, 0.29) is 16.3 Å². The molecule has 0 spiro atoms. The highest BCUT2D eigenvalue weighted by Crippen LogP contribution is 2.30. The van der Waals surface area contributed by atoms with Crippen LogP contribution in [0, 0.1) is 10.1 Å². The molecule has 13 heteroatoms. The summed E-state index contributed by atoms with van der Waals surface area (Å²) in [5.41, 5.74) is -0.202. The molecular weight excluding hydrogens is 532 g/mol. The van der Waals surface area contributed by atoms with Gasteiger partial charge in [0.1, 0.15) is 6.54 Å². The third kappa shape index (κ3) is 5.85. The van der Waals surface area contributed by atoms with Crippen molar-refractivity contribution in [2.24, 2.45) is 0 Å². The van der Waals surface area contributed by atoms with Crippen LogP contribution >= 0.6 is 0 Å². The maximum absolute atomic E-state index is 13.5. The summed E-state index contributed by atoms with van der Waals surface area (Å²) in [7, 11) is -8.16. The van der Waals surface area contributed by atoms with Crippen molar-refractivity contribution in [3.63, 3.8) is 0 Å². The van der Waals surface area contributed by atoms with Crippen molar-refractivity contribution in [1.82, 2.24) is 4.31 Å². The van der Waals surface area contributed by atoms with Crippen molar-refractivity contribution >= 4 is 43.0 Å². The summed E-state index contributed by atoms with van der Waals surface area (Å²) in [6.07, 6.45) is 2.60. The van der Waals surface area contributed by atoms with E-state index < -0.39 is 48.0 Å². The van der Waals surface area contributed by atoms with Gasteiger partial charge in [-0.15, -0.1) is 0 Å². The van der Waals surface area contributed by atoms with Crippen LogP contribution in [0.15, 0.2) is 88.7 Å². The summed E-state index contributed by atoms with van der Waals surface area (Å²) >= 11 is 0. The van der Waals surface area contributed by atoms with Gasteiger partial charge in [-0.2, -0.15) is 4.31 Å². The number of hydrogen-bond acceptors (Lipinski definition) is 7. The lowest BCUT2D eigenvalue weighted by molar-refractivity contribution is -0.387. The van der Waals surface area contributed by atoms with Crippen molar-refractivity contribution in [2.75, 3.05) is 29.3 Å². The second kappa shape index (κ2) is 11.3. The molecule has 0 radical (unpaired) electrons. The van der Waals surface area contributed by atoms with E-state index in [9.17, 15) is 31.7 Å². The lowest BCUT2D eigenvalue weighted by Crippen LogP contribution is -2.38. The number of rotatable bonds is 9. The van der Waals surface area contributed by atoms with Gasteiger partial charge < -0.3 is 5.32 Å². The molecule has 0 aliphatic carbocycles. The molecule has 0 bridgehead atoms. The Kier molecular flexibility index (Phi) is 8.09. The van der Waals surface area contributed by atoms with Gasteiger partial charge in [0.25, 0.3) is 15.7 Å². The summed E-state index contributed by atoms with van der Waals surface area (Å²) in [4.78, 5) is 23.2. The summed E-state index contributed by atoms with van der Waals surface area (Å²) < 4.78 is 55.0. The van der Waals surface area contributed by atoms with Gasteiger partial charge in [0.2, 0.25) is 15.9 Å². The standard InChI is InChI=1S/C25H26N4O7S2/c30-25(26-20-13-15-22(16-14-20)37(33,34)27-17-7-2-8-18-27)19-28(21-9-3-1-4-10-21)38(35,36)24-12-6-5-11-23(24)29(31)32/h1,3-6,9-16H,2,7-8,17-19H2,(H,26,30). The van der Waals surface area contributed by atoms with E-state index >= 15 is 0 Å². The molecular formula is C25H26N4O7S2. The number of nitrogens with zero attached hydrogens (tertiary/aromatic N) is 3. The van der Waals surface area contributed by atoms with Gasteiger partial charge in [-0.25, -0.2) is 16.8 Å². The number of piperidine rings is 1. The molecule has 38 heavy (non-hydrogen) atoms. The van der Waals surface area contributed by atoms with E-state index in [0.717, 1.165) is 35.7 Å². The van der Waals surface area contributed by atoms with Crippen LogP contribution in [0.25, 0.3) is 0 Å². The topological polar surface area (TPSA) is 147 Å². The molecule has 1 amide bonds. The zero-order valence-electron chi connectivity index (χ0n) is 20.3. The van der Waals surface area contributed by atoms with Gasteiger partial charge in [0, 0.05) is 24.8 Å². The quantitative estimate of drug-likeness (QED) is 0.312. The Morgan fingerprint density at radius 2 is 1.47 bits per heavy atom. The first-order chi connectivity index (χ1) is 18.1. The number of benzene rings is 3. The molecule has 1 N–H and O–H groups in total. The van der Waals surface area contributed by atoms with Crippen LogP contribution < -0.4 is 9.62 Å². The molecule has 0 atom stereocenters. The molecule has 1 aliphatic rings. The molecule has 0 aromatic heterocycles. The number of nitro groups is 1. The SMILES string of the molecule is O=C(CN(c1ccccc1)S(=O)(=O)c1ccccc1[N+](=O)[O-])Nc1ccc(S(=O)(=O)N2CCCCC2)cc1. The van der Waals surface area contributed by atoms with Crippen molar-refractivity contribution in [1.29, 1.82) is 0 Å². The average molecular weight is 559 g/mol. The van der Waals surface area contributed by atoms with Gasteiger partial charge in [-0.3, -0.25) is 19.2 Å². The third-order valence-electron chi connectivity index (χ3n) is 6.05. The Morgan fingerprint density at radius 3 is 2.11 bits per heavy atom. The van der Waals surface area contributed by atoms with Crippen LogP contribution in [0.4, 0.5) is 17.1 Å². The first-order valence-corrected chi connectivity index (χ1v) is 14.7. The van der Waals surface area contributed by atoms with Gasteiger partial charge in [0.15, 0.2) is 4.90 Å². The number of carbonyl (C=O) groups excluding carboxylic acids is 1. The molecule has 4 rings (SSSR count). The van der Waals surface area contributed by atoms with Crippen LogP contribution in [-0.4, -0.2) is 51.6 Å². The number of amides is 1. The van der Waals surface area contributed by atoms with E-state index in [1.165, 1.54) is 52.8 Å². The van der Waals surface area contributed by atoms with Gasteiger partial charge in [-0.05, 0) is 55.3 Å². The maximum atomic E-state index is 13.5. The monoisotopic (exact) mass is 558 g/mol. The Balaban J connectivity index is 1.57. The summed E-state index contributed by atoms with van der Waals surface area (Å²) in [5, 5.41) is 14.1. The first kappa shape index (κ1) is 27.2. The van der Waals surface area contributed by atoms with Crippen LogP contribution in [0.5, 0.6) is 0 Å². The number of nitrogens with one attached hydrogen (secondary N) is 1. The van der Waals surface area contributed by atoms with Crippen LogP contribution in [0.3, 0.4) is 0 Å². The fourth-order valence-electron chi connectivity index (χ4n) is 4.15. The van der Waals surface area contributed by atoms with Crippen molar-refractivity contribution in [3.8, 4) is 0 Å². The zero-order valence-corrected chi connectivity index (χ0v) is 21.9. The zero-order chi connectivity index (χ0) is 27.3. The molecule has 0 saturated carbocycles. The van der Waals surface area contributed by atoms with Gasteiger partial charge in [0.05, 0.1) is 15.5 Å². The normalized spacial score (nSPS) is 14.5.